The predicted octanol–water partition coefficient (Wildman–Crippen LogP) is 3.39. The fourth-order valence-corrected chi connectivity index (χ4v) is 2.23. The molecule has 1 aliphatic rings. The van der Waals surface area contributed by atoms with Crippen molar-refractivity contribution in [3.05, 3.63) is 48.2 Å². The molecule has 1 heterocycles. The van der Waals surface area contributed by atoms with Gasteiger partial charge in [0.15, 0.2) is 0 Å². The number of ether oxygens (including phenoxy) is 1. The zero-order chi connectivity index (χ0) is 13.1. The van der Waals surface area contributed by atoms with Crippen LogP contribution >= 0.6 is 0 Å². The van der Waals surface area contributed by atoms with E-state index in [2.05, 4.69) is 18.0 Å². The Labute approximate surface area is 113 Å². The van der Waals surface area contributed by atoms with E-state index in [1.165, 1.54) is 23.8 Å². The molecule has 0 saturated heterocycles. The Morgan fingerprint density at radius 3 is 3.00 bits per heavy atom. The van der Waals surface area contributed by atoms with Crippen molar-refractivity contribution in [2.75, 3.05) is 6.61 Å². The molecule has 1 saturated carbocycles. The first-order valence-electron chi connectivity index (χ1n) is 6.80. The number of para-hydroxylation sites is 1. The lowest BCUT2D eigenvalue weighted by Crippen LogP contribution is -2.16. The van der Waals surface area contributed by atoms with Gasteiger partial charge in [-0.1, -0.05) is 24.3 Å². The molecule has 19 heavy (non-hydrogen) atoms. The van der Waals surface area contributed by atoms with Crippen molar-refractivity contribution >= 4 is 11.0 Å². The van der Waals surface area contributed by atoms with Gasteiger partial charge in [-0.3, -0.25) is 0 Å². The van der Waals surface area contributed by atoms with Crippen LogP contribution < -0.4 is 5.32 Å². The summed E-state index contributed by atoms with van der Waals surface area (Å²) in [4.78, 5) is 0. The summed E-state index contributed by atoms with van der Waals surface area (Å²) in [7, 11) is 0. The van der Waals surface area contributed by atoms with E-state index in [0.717, 1.165) is 17.9 Å². The van der Waals surface area contributed by atoms with Crippen LogP contribution in [0.3, 0.4) is 0 Å². The van der Waals surface area contributed by atoms with Crippen LogP contribution in [0.5, 0.6) is 0 Å². The predicted molar refractivity (Wildman–Crippen MR) is 75.9 cm³/mol. The summed E-state index contributed by atoms with van der Waals surface area (Å²) in [6.07, 6.45) is 4.33. The lowest BCUT2D eigenvalue weighted by Gasteiger charge is -2.04. The van der Waals surface area contributed by atoms with Crippen LogP contribution in [0.4, 0.5) is 0 Å². The van der Waals surface area contributed by atoms with E-state index in [0.29, 0.717) is 19.3 Å². The number of hydrogen-bond donors (Lipinski definition) is 1. The smallest absolute Gasteiger partial charge is 0.135 e. The average molecular weight is 257 g/mol. The van der Waals surface area contributed by atoms with E-state index < -0.39 is 0 Å². The van der Waals surface area contributed by atoms with E-state index in [9.17, 15) is 0 Å². The maximum Gasteiger partial charge on any atom is 0.135 e. The minimum atomic E-state index is 0.502. The molecular weight excluding hydrogens is 238 g/mol. The van der Waals surface area contributed by atoms with Crippen molar-refractivity contribution < 1.29 is 9.15 Å². The summed E-state index contributed by atoms with van der Waals surface area (Å²) in [6, 6.07) is 8.85. The van der Waals surface area contributed by atoms with Gasteiger partial charge in [0, 0.05) is 23.5 Å². The Kier molecular flexibility index (Phi) is 3.67. The summed E-state index contributed by atoms with van der Waals surface area (Å²) >= 11 is 0. The van der Waals surface area contributed by atoms with Gasteiger partial charge < -0.3 is 14.5 Å². The van der Waals surface area contributed by atoms with Crippen molar-refractivity contribution in [3.8, 4) is 0 Å². The van der Waals surface area contributed by atoms with Gasteiger partial charge in [-0.15, -0.1) is 6.58 Å². The van der Waals surface area contributed by atoms with Crippen LogP contribution in [0.2, 0.25) is 0 Å². The van der Waals surface area contributed by atoms with Gasteiger partial charge in [-0.05, 0) is 18.9 Å². The van der Waals surface area contributed by atoms with E-state index >= 15 is 0 Å². The third kappa shape index (κ3) is 2.88. The summed E-state index contributed by atoms with van der Waals surface area (Å²) < 4.78 is 11.4. The molecule has 3 rings (SSSR count). The van der Waals surface area contributed by atoms with Crippen LogP contribution in [0.15, 0.2) is 41.3 Å². The second-order valence-electron chi connectivity index (χ2n) is 4.96. The highest BCUT2D eigenvalue weighted by Gasteiger charge is 2.22. The summed E-state index contributed by atoms with van der Waals surface area (Å²) in [5.41, 5.74) is 2.17. The maximum atomic E-state index is 5.90. The van der Waals surface area contributed by atoms with Crippen LogP contribution in [-0.2, 0) is 17.9 Å². The van der Waals surface area contributed by atoms with Crippen LogP contribution in [0, 0.1) is 0 Å². The minimum absolute atomic E-state index is 0.502. The van der Waals surface area contributed by atoms with Crippen molar-refractivity contribution in [3.63, 3.8) is 0 Å². The molecule has 100 valence electrons. The Balaban J connectivity index is 1.83. The Bertz CT molecular complexity index is 569. The van der Waals surface area contributed by atoms with Crippen LogP contribution in [0.1, 0.15) is 24.2 Å². The number of nitrogens with one attached hydrogen (secondary N) is 1. The van der Waals surface area contributed by atoms with Crippen molar-refractivity contribution in [2.24, 2.45) is 0 Å². The number of furan rings is 1. The largest absolute Gasteiger partial charge is 0.458 e. The van der Waals surface area contributed by atoms with Crippen LogP contribution in [0.25, 0.3) is 11.0 Å². The Hall–Kier alpha value is -1.58. The van der Waals surface area contributed by atoms with Gasteiger partial charge in [0.2, 0.25) is 0 Å². The molecular formula is C16H19NO2. The highest BCUT2D eigenvalue weighted by Crippen LogP contribution is 2.28. The molecule has 0 atom stereocenters. The van der Waals surface area contributed by atoms with E-state index in [4.69, 9.17) is 9.15 Å². The second-order valence-corrected chi connectivity index (χ2v) is 4.96. The van der Waals surface area contributed by atoms with Gasteiger partial charge in [-0.2, -0.15) is 0 Å². The van der Waals surface area contributed by atoms with Gasteiger partial charge in [0.25, 0.3) is 0 Å². The van der Waals surface area contributed by atoms with E-state index in [1.54, 1.807) is 6.08 Å². The van der Waals surface area contributed by atoms with Crippen molar-refractivity contribution in [1.29, 1.82) is 0 Å². The first kappa shape index (κ1) is 12.5. The normalized spacial score (nSPS) is 14.9. The highest BCUT2D eigenvalue weighted by molar-refractivity contribution is 5.82. The third-order valence-electron chi connectivity index (χ3n) is 3.40. The third-order valence-corrected chi connectivity index (χ3v) is 3.40. The summed E-state index contributed by atoms with van der Waals surface area (Å²) in [5.74, 6) is 0.927. The monoisotopic (exact) mass is 257 g/mol. The first-order valence-corrected chi connectivity index (χ1v) is 6.80. The average Bonchev–Trinajstić information content (AvgIpc) is 3.19. The van der Waals surface area contributed by atoms with Gasteiger partial charge in [-0.25, -0.2) is 0 Å². The van der Waals surface area contributed by atoms with Gasteiger partial charge in [0.1, 0.15) is 18.0 Å². The van der Waals surface area contributed by atoms with Crippen molar-refractivity contribution in [2.45, 2.75) is 32.0 Å². The molecule has 0 unspecified atom stereocenters. The molecule has 3 heteroatoms. The molecule has 2 aromatic rings. The lowest BCUT2D eigenvalue weighted by molar-refractivity contribution is 0.132. The zero-order valence-electron chi connectivity index (χ0n) is 11.0. The molecule has 1 fully saturated rings. The molecule has 1 aliphatic carbocycles. The zero-order valence-corrected chi connectivity index (χ0v) is 11.0. The maximum absolute atomic E-state index is 5.90. The highest BCUT2D eigenvalue weighted by atomic mass is 16.5. The number of fused-ring (bicyclic) bond motifs is 1. The number of rotatable bonds is 7. The molecule has 0 spiro atoms. The van der Waals surface area contributed by atoms with Gasteiger partial charge in [0.05, 0.1) is 6.61 Å². The summed E-state index contributed by atoms with van der Waals surface area (Å²) in [6.45, 7) is 5.56. The van der Waals surface area contributed by atoms with E-state index in [1.807, 2.05) is 18.2 Å². The van der Waals surface area contributed by atoms with E-state index in [-0.39, 0.29) is 0 Å². The molecule has 3 nitrogen and oxygen atoms in total. The molecule has 0 radical (unpaired) electrons. The molecule has 1 aromatic carbocycles. The fraction of sp³-hybridized carbons (Fsp3) is 0.375. The van der Waals surface area contributed by atoms with Crippen molar-refractivity contribution in [1.82, 2.24) is 5.32 Å². The Morgan fingerprint density at radius 1 is 1.37 bits per heavy atom. The number of benzene rings is 1. The molecule has 1 N–H and O–H groups in total. The molecule has 0 bridgehead atoms. The van der Waals surface area contributed by atoms with Gasteiger partial charge >= 0.3 is 0 Å². The SMILES string of the molecule is C=CCOCc1oc2ccccc2c1CNC1CC1. The second kappa shape index (κ2) is 5.59. The quantitative estimate of drug-likeness (QED) is 0.610. The molecule has 0 aliphatic heterocycles. The molecule has 1 aromatic heterocycles. The summed E-state index contributed by atoms with van der Waals surface area (Å²) in [5, 5.41) is 4.73. The number of hydrogen-bond acceptors (Lipinski definition) is 3. The fourth-order valence-electron chi connectivity index (χ4n) is 2.23. The minimum Gasteiger partial charge on any atom is -0.458 e. The topological polar surface area (TPSA) is 34.4 Å². The standard InChI is InChI=1S/C16H19NO2/c1-2-9-18-11-16-14(10-17-12-7-8-12)13-5-3-4-6-15(13)19-16/h2-6,12,17H,1,7-11H2. The first-order chi connectivity index (χ1) is 9.38. The molecule has 0 amide bonds. The lowest BCUT2D eigenvalue weighted by atomic mass is 10.1. The Morgan fingerprint density at radius 2 is 2.21 bits per heavy atom. The van der Waals surface area contributed by atoms with Crippen LogP contribution in [-0.4, -0.2) is 12.6 Å².